The number of nitrogens with zero attached hydrogens (tertiary/aromatic N) is 2. The Bertz CT molecular complexity index is 442. The summed E-state index contributed by atoms with van der Waals surface area (Å²) in [6.07, 6.45) is 11.9. The highest BCUT2D eigenvalue weighted by Crippen LogP contribution is 2.34. The number of rotatable bonds is 4. The van der Waals surface area contributed by atoms with Gasteiger partial charge in [-0.25, -0.2) is 4.98 Å². The Balaban J connectivity index is 1.63. The molecule has 1 aliphatic heterocycles. The van der Waals surface area contributed by atoms with Crippen LogP contribution in [0.15, 0.2) is 23.4 Å². The lowest BCUT2D eigenvalue weighted by Crippen LogP contribution is -2.21. The first kappa shape index (κ1) is 13.9. The van der Waals surface area contributed by atoms with Gasteiger partial charge in [-0.3, -0.25) is 4.79 Å². The minimum Gasteiger partial charge on any atom is -0.338 e. The van der Waals surface area contributed by atoms with Gasteiger partial charge in [0.2, 0.25) is 6.41 Å². The smallest absolute Gasteiger partial charge is 0.210 e. The van der Waals surface area contributed by atoms with Crippen molar-refractivity contribution in [3.8, 4) is 0 Å². The number of pyridine rings is 1. The molecule has 1 aromatic rings. The number of carbonyl (C=O) groups is 1. The minimum absolute atomic E-state index is 0.244. The van der Waals surface area contributed by atoms with Crippen molar-refractivity contribution in [2.24, 2.45) is 0 Å². The summed E-state index contributed by atoms with van der Waals surface area (Å²) < 4.78 is 0. The summed E-state index contributed by atoms with van der Waals surface area (Å²) in [5.74, 6) is 0. The summed E-state index contributed by atoms with van der Waals surface area (Å²) in [7, 11) is 0. The van der Waals surface area contributed by atoms with Gasteiger partial charge in [0.05, 0.1) is 11.1 Å². The van der Waals surface area contributed by atoms with Gasteiger partial charge in [0.25, 0.3) is 0 Å². The molecule has 2 fully saturated rings. The second-order valence-electron chi connectivity index (χ2n) is 5.81. The lowest BCUT2D eigenvalue weighted by molar-refractivity contribution is -0.118. The third kappa shape index (κ3) is 3.17. The van der Waals surface area contributed by atoms with Gasteiger partial charge in [0.1, 0.15) is 0 Å². The van der Waals surface area contributed by atoms with Gasteiger partial charge >= 0.3 is 0 Å². The number of aromatic nitrogens is 1. The zero-order chi connectivity index (χ0) is 13.8. The maximum atomic E-state index is 11.0. The maximum absolute atomic E-state index is 11.0. The van der Waals surface area contributed by atoms with Crippen LogP contribution in [0.4, 0.5) is 0 Å². The Hall–Kier alpha value is -1.03. The van der Waals surface area contributed by atoms with E-state index in [-0.39, 0.29) is 6.04 Å². The van der Waals surface area contributed by atoms with Gasteiger partial charge in [0.15, 0.2) is 0 Å². The van der Waals surface area contributed by atoms with Crippen LogP contribution >= 0.6 is 11.8 Å². The van der Waals surface area contributed by atoms with Crippen LogP contribution in [-0.2, 0) is 4.79 Å². The van der Waals surface area contributed by atoms with Crippen LogP contribution in [0, 0.1) is 0 Å². The number of carbonyl (C=O) groups excluding carboxylic acids is 1. The van der Waals surface area contributed by atoms with Crippen molar-refractivity contribution in [1.82, 2.24) is 9.88 Å². The normalized spacial score (nSPS) is 24.0. The summed E-state index contributed by atoms with van der Waals surface area (Å²) in [4.78, 5) is 17.5. The van der Waals surface area contributed by atoms with E-state index in [0.717, 1.165) is 36.1 Å². The molecule has 0 N–H and O–H groups in total. The van der Waals surface area contributed by atoms with E-state index in [2.05, 4.69) is 17.1 Å². The molecule has 1 saturated heterocycles. The van der Waals surface area contributed by atoms with Crippen molar-refractivity contribution in [3.05, 3.63) is 23.9 Å². The third-order valence-electron chi connectivity index (χ3n) is 4.41. The van der Waals surface area contributed by atoms with Gasteiger partial charge < -0.3 is 4.90 Å². The van der Waals surface area contributed by atoms with Gasteiger partial charge in [-0.2, -0.15) is 0 Å². The van der Waals surface area contributed by atoms with Crippen LogP contribution in [0.25, 0.3) is 0 Å². The fourth-order valence-corrected chi connectivity index (χ4v) is 4.46. The van der Waals surface area contributed by atoms with Crippen molar-refractivity contribution < 1.29 is 4.79 Å². The zero-order valence-corrected chi connectivity index (χ0v) is 12.6. The van der Waals surface area contributed by atoms with Gasteiger partial charge in [0, 0.05) is 18.0 Å². The Labute approximate surface area is 125 Å². The lowest BCUT2D eigenvalue weighted by atomic mass is 10.0. The molecule has 1 atom stereocenters. The van der Waals surface area contributed by atoms with Crippen molar-refractivity contribution in [1.29, 1.82) is 0 Å². The quantitative estimate of drug-likeness (QED) is 0.791. The van der Waals surface area contributed by atoms with Crippen molar-refractivity contribution >= 4 is 18.2 Å². The first-order valence-corrected chi connectivity index (χ1v) is 8.58. The predicted octanol–water partition coefficient (Wildman–Crippen LogP) is 3.80. The lowest BCUT2D eigenvalue weighted by Gasteiger charge is -2.22. The Morgan fingerprint density at radius 1 is 1.15 bits per heavy atom. The average molecular weight is 290 g/mol. The summed E-state index contributed by atoms with van der Waals surface area (Å²) in [5, 5.41) is 1.89. The van der Waals surface area contributed by atoms with E-state index >= 15 is 0 Å². The van der Waals surface area contributed by atoms with Crippen LogP contribution in [0.3, 0.4) is 0 Å². The molecule has 1 saturated carbocycles. The summed E-state index contributed by atoms with van der Waals surface area (Å²) in [6, 6.07) is 4.54. The monoisotopic (exact) mass is 290 g/mol. The molecule has 0 spiro atoms. The second kappa shape index (κ2) is 6.61. The SMILES string of the molecule is O=CN1CCC[C@H]1c1ccc(SC2CCCCC2)nc1. The van der Waals surface area contributed by atoms with E-state index in [1.807, 2.05) is 22.9 Å². The van der Waals surface area contributed by atoms with Crippen LogP contribution in [0.1, 0.15) is 56.6 Å². The minimum atomic E-state index is 0.244. The van der Waals surface area contributed by atoms with Gasteiger partial charge in [-0.15, -0.1) is 11.8 Å². The molecule has 20 heavy (non-hydrogen) atoms. The molecular weight excluding hydrogens is 268 g/mol. The molecule has 2 aliphatic rings. The van der Waals surface area contributed by atoms with E-state index < -0.39 is 0 Å². The van der Waals surface area contributed by atoms with E-state index in [9.17, 15) is 4.79 Å². The van der Waals surface area contributed by atoms with Crippen molar-refractivity contribution in [2.75, 3.05) is 6.54 Å². The van der Waals surface area contributed by atoms with E-state index in [1.54, 1.807) is 0 Å². The van der Waals surface area contributed by atoms with Crippen LogP contribution in [0.5, 0.6) is 0 Å². The summed E-state index contributed by atoms with van der Waals surface area (Å²) in [6.45, 7) is 0.882. The van der Waals surface area contributed by atoms with Gasteiger partial charge in [-0.05, 0) is 37.3 Å². The van der Waals surface area contributed by atoms with Crippen molar-refractivity contribution in [3.63, 3.8) is 0 Å². The molecule has 3 nitrogen and oxygen atoms in total. The Kier molecular flexibility index (Phi) is 4.61. The van der Waals surface area contributed by atoms with Crippen molar-refractivity contribution in [2.45, 2.75) is 61.3 Å². The van der Waals surface area contributed by atoms with E-state index in [1.165, 1.54) is 37.7 Å². The fraction of sp³-hybridized carbons (Fsp3) is 0.625. The van der Waals surface area contributed by atoms with Crippen LogP contribution in [-0.4, -0.2) is 28.1 Å². The molecule has 0 bridgehead atoms. The number of amides is 1. The standard InChI is InChI=1S/C16H22N2OS/c19-12-18-10-4-7-15(18)13-8-9-16(17-11-13)20-14-5-2-1-3-6-14/h8-9,11-12,14-15H,1-7,10H2/t15-/m0/s1. The topological polar surface area (TPSA) is 33.2 Å². The number of hydrogen-bond acceptors (Lipinski definition) is 3. The summed E-state index contributed by atoms with van der Waals surface area (Å²) in [5.41, 5.74) is 1.18. The molecule has 2 heterocycles. The first-order valence-electron chi connectivity index (χ1n) is 7.70. The number of likely N-dealkylation sites (tertiary alicyclic amines) is 1. The molecule has 108 valence electrons. The number of thioether (sulfide) groups is 1. The largest absolute Gasteiger partial charge is 0.338 e. The van der Waals surface area contributed by atoms with E-state index in [4.69, 9.17) is 0 Å². The van der Waals surface area contributed by atoms with Crippen LogP contribution in [0.2, 0.25) is 0 Å². The number of hydrogen-bond donors (Lipinski definition) is 0. The van der Waals surface area contributed by atoms with E-state index in [0.29, 0.717) is 0 Å². The molecule has 1 aromatic heterocycles. The summed E-state index contributed by atoms with van der Waals surface area (Å²) >= 11 is 1.93. The molecular formula is C16H22N2OS. The molecule has 0 unspecified atom stereocenters. The Morgan fingerprint density at radius 3 is 2.70 bits per heavy atom. The zero-order valence-electron chi connectivity index (χ0n) is 11.8. The van der Waals surface area contributed by atoms with Crippen LogP contribution < -0.4 is 0 Å². The molecule has 4 heteroatoms. The molecule has 1 amide bonds. The average Bonchev–Trinajstić information content (AvgIpc) is 2.98. The second-order valence-corrected chi connectivity index (χ2v) is 7.13. The fourth-order valence-electron chi connectivity index (χ4n) is 3.29. The highest BCUT2D eigenvalue weighted by atomic mass is 32.2. The highest BCUT2D eigenvalue weighted by molar-refractivity contribution is 7.99. The Morgan fingerprint density at radius 2 is 2.00 bits per heavy atom. The molecule has 0 radical (unpaired) electrons. The van der Waals surface area contributed by atoms with Gasteiger partial charge in [-0.1, -0.05) is 25.3 Å². The first-order chi connectivity index (χ1) is 9.86. The molecule has 3 rings (SSSR count). The molecule has 0 aromatic carbocycles. The third-order valence-corrected chi connectivity index (χ3v) is 5.70. The predicted molar refractivity (Wildman–Crippen MR) is 81.7 cm³/mol. The highest BCUT2D eigenvalue weighted by Gasteiger charge is 2.24. The molecule has 1 aliphatic carbocycles. The maximum Gasteiger partial charge on any atom is 0.210 e.